The zero-order chi connectivity index (χ0) is 18.1. The van der Waals surface area contributed by atoms with Crippen molar-refractivity contribution in [3.8, 4) is 5.75 Å². The van der Waals surface area contributed by atoms with Crippen molar-refractivity contribution in [3.05, 3.63) is 65.2 Å². The predicted octanol–water partition coefficient (Wildman–Crippen LogP) is 3.56. The molecule has 0 bridgehead atoms. The Balaban J connectivity index is 1.31. The van der Waals surface area contributed by atoms with Gasteiger partial charge in [0.25, 0.3) is 0 Å². The van der Waals surface area contributed by atoms with Gasteiger partial charge in [-0.3, -0.25) is 0 Å². The van der Waals surface area contributed by atoms with Crippen molar-refractivity contribution in [3.63, 3.8) is 0 Å². The average molecular weight is 351 g/mol. The molecule has 0 aromatic heterocycles. The Morgan fingerprint density at radius 3 is 2.31 bits per heavy atom. The van der Waals surface area contributed by atoms with Crippen molar-refractivity contribution in [1.29, 1.82) is 0 Å². The molecule has 2 fully saturated rings. The summed E-state index contributed by atoms with van der Waals surface area (Å²) in [7, 11) is 0. The van der Waals surface area contributed by atoms with E-state index in [1.165, 1.54) is 16.7 Å². The van der Waals surface area contributed by atoms with E-state index in [9.17, 15) is 10.2 Å². The maximum absolute atomic E-state index is 11.2. The molecular weight excluding hydrogens is 322 g/mol. The second kappa shape index (κ2) is 7.05. The third-order valence-electron chi connectivity index (χ3n) is 6.37. The fourth-order valence-electron chi connectivity index (χ4n) is 5.00. The van der Waals surface area contributed by atoms with Crippen LogP contribution in [0.4, 0.5) is 0 Å². The smallest absolute Gasteiger partial charge is 0.115 e. The van der Waals surface area contributed by atoms with Gasteiger partial charge in [0, 0.05) is 26.1 Å². The maximum atomic E-state index is 11.2. The minimum absolute atomic E-state index is 0.331. The second-order valence-electron chi connectivity index (χ2n) is 8.43. The van der Waals surface area contributed by atoms with Crippen LogP contribution >= 0.6 is 0 Å². The molecule has 1 aliphatic heterocycles. The molecule has 0 unspecified atom stereocenters. The van der Waals surface area contributed by atoms with E-state index >= 15 is 0 Å². The van der Waals surface area contributed by atoms with Crippen molar-refractivity contribution in [1.82, 2.24) is 4.90 Å². The highest BCUT2D eigenvalue weighted by Gasteiger charge is 2.47. The number of aromatic hydroxyl groups is 1. The summed E-state index contributed by atoms with van der Waals surface area (Å²) in [5.74, 6) is 1.59. The third-order valence-corrected chi connectivity index (χ3v) is 6.37. The van der Waals surface area contributed by atoms with E-state index in [2.05, 4.69) is 36.1 Å². The fraction of sp³-hybridized carbons (Fsp3) is 0.478. The number of benzene rings is 2. The highest BCUT2D eigenvalue weighted by molar-refractivity contribution is 5.28. The molecule has 2 N–H and O–H groups in total. The molecule has 3 atom stereocenters. The lowest BCUT2D eigenvalue weighted by Gasteiger charge is -2.26. The zero-order valence-electron chi connectivity index (χ0n) is 15.6. The van der Waals surface area contributed by atoms with E-state index in [1.807, 2.05) is 12.1 Å². The van der Waals surface area contributed by atoms with Crippen molar-refractivity contribution < 1.29 is 10.2 Å². The summed E-state index contributed by atoms with van der Waals surface area (Å²) in [5, 5.41) is 20.5. The van der Waals surface area contributed by atoms with Gasteiger partial charge in [-0.15, -0.1) is 0 Å². The van der Waals surface area contributed by atoms with Gasteiger partial charge in [-0.25, -0.2) is 0 Å². The summed E-state index contributed by atoms with van der Waals surface area (Å²) < 4.78 is 0. The Hall–Kier alpha value is -1.84. The highest BCUT2D eigenvalue weighted by Crippen LogP contribution is 2.45. The number of nitrogens with zero attached hydrogens (tertiary/aromatic N) is 1. The molecule has 0 spiro atoms. The summed E-state index contributed by atoms with van der Waals surface area (Å²) in [5.41, 5.74) is 3.33. The number of fused-ring (bicyclic) bond motifs is 1. The normalized spacial score (nSPS) is 28.4. The van der Waals surface area contributed by atoms with Gasteiger partial charge in [-0.1, -0.05) is 36.4 Å². The molecule has 3 heteroatoms. The molecule has 138 valence electrons. The summed E-state index contributed by atoms with van der Waals surface area (Å²) >= 11 is 0. The second-order valence-corrected chi connectivity index (χ2v) is 8.43. The van der Waals surface area contributed by atoms with Crippen LogP contribution in [0.2, 0.25) is 0 Å². The Morgan fingerprint density at radius 1 is 1.00 bits per heavy atom. The highest BCUT2D eigenvalue weighted by atomic mass is 16.3. The molecule has 1 saturated carbocycles. The van der Waals surface area contributed by atoms with Crippen LogP contribution in [0.1, 0.15) is 29.5 Å². The van der Waals surface area contributed by atoms with E-state index in [0.717, 1.165) is 45.3 Å². The number of hydrogen-bond donors (Lipinski definition) is 2. The van der Waals surface area contributed by atoms with Crippen LogP contribution in [0.25, 0.3) is 0 Å². The number of aryl methyl sites for hydroxylation is 1. The number of phenolic OH excluding ortho intramolecular Hbond substituents is 1. The van der Waals surface area contributed by atoms with E-state index in [-0.39, 0.29) is 0 Å². The van der Waals surface area contributed by atoms with Crippen LogP contribution in [0.5, 0.6) is 5.75 Å². The number of aliphatic hydroxyl groups is 1. The van der Waals surface area contributed by atoms with Crippen LogP contribution in [0.15, 0.2) is 48.5 Å². The van der Waals surface area contributed by atoms with Crippen LogP contribution < -0.4 is 0 Å². The molecule has 1 heterocycles. The summed E-state index contributed by atoms with van der Waals surface area (Å²) in [6.45, 7) is 5.42. The monoisotopic (exact) mass is 351 g/mol. The van der Waals surface area contributed by atoms with E-state index in [0.29, 0.717) is 17.6 Å². The molecule has 4 rings (SSSR count). The van der Waals surface area contributed by atoms with Gasteiger partial charge in [-0.05, 0) is 66.8 Å². The quantitative estimate of drug-likeness (QED) is 0.866. The lowest BCUT2D eigenvalue weighted by Crippen LogP contribution is -2.33. The van der Waals surface area contributed by atoms with Gasteiger partial charge in [0.1, 0.15) is 5.75 Å². The number of hydrogen-bond acceptors (Lipinski definition) is 3. The van der Waals surface area contributed by atoms with E-state index in [4.69, 9.17) is 0 Å². The first-order valence-electron chi connectivity index (χ1n) is 9.78. The number of rotatable bonds is 5. The van der Waals surface area contributed by atoms with Crippen LogP contribution in [-0.2, 0) is 12.8 Å². The summed E-state index contributed by atoms with van der Waals surface area (Å²) in [4.78, 5) is 2.55. The lowest BCUT2D eigenvalue weighted by molar-refractivity contribution is 0.0354. The molecule has 2 aromatic carbocycles. The standard InChI is InChI=1S/C23H29NO2/c1-17-4-2-3-5-19(17)12-23(26)13-20-15-24(16-21(20)14-23)11-10-18-6-8-22(25)9-7-18/h2-9,20-21,25-26H,10-16H2,1H3/t20-,21+,23-. The molecule has 3 nitrogen and oxygen atoms in total. The summed E-state index contributed by atoms with van der Waals surface area (Å²) in [6, 6.07) is 16.0. The lowest BCUT2D eigenvalue weighted by atomic mass is 9.89. The zero-order valence-corrected chi connectivity index (χ0v) is 15.6. The van der Waals surface area contributed by atoms with Gasteiger partial charge < -0.3 is 15.1 Å². The van der Waals surface area contributed by atoms with Gasteiger partial charge in [0.15, 0.2) is 0 Å². The van der Waals surface area contributed by atoms with Crippen LogP contribution in [0.3, 0.4) is 0 Å². The molecule has 2 aromatic rings. The topological polar surface area (TPSA) is 43.7 Å². The molecular formula is C23H29NO2. The number of likely N-dealkylation sites (tertiary alicyclic amines) is 1. The Labute approximate surface area is 156 Å². The minimum atomic E-state index is -0.523. The predicted molar refractivity (Wildman–Crippen MR) is 104 cm³/mol. The molecule has 1 saturated heterocycles. The van der Waals surface area contributed by atoms with Gasteiger partial charge >= 0.3 is 0 Å². The van der Waals surface area contributed by atoms with Gasteiger partial charge in [0.2, 0.25) is 0 Å². The minimum Gasteiger partial charge on any atom is -0.508 e. The molecule has 26 heavy (non-hydrogen) atoms. The largest absolute Gasteiger partial charge is 0.508 e. The molecule has 0 radical (unpaired) electrons. The SMILES string of the molecule is Cc1ccccc1C[C@]1(O)C[C@H]2CN(CCc3ccc(O)cc3)C[C@H]2C1. The average Bonchev–Trinajstić information content (AvgIpc) is 3.11. The van der Waals surface area contributed by atoms with Crippen molar-refractivity contribution in [2.45, 2.75) is 38.2 Å². The van der Waals surface area contributed by atoms with Gasteiger partial charge in [0.05, 0.1) is 5.60 Å². The Morgan fingerprint density at radius 2 is 1.65 bits per heavy atom. The molecule has 1 aliphatic carbocycles. The first-order chi connectivity index (χ1) is 12.5. The van der Waals surface area contributed by atoms with Crippen molar-refractivity contribution >= 4 is 0 Å². The van der Waals surface area contributed by atoms with E-state index in [1.54, 1.807) is 12.1 Å². The van der Waals surface area contributed by atoms with Crippen molar-refractivity contribution in [2.75, 3.05) is 19.6 Å². The summed E-state index contributed by atoms with van der Waals surface area (Å²) in [6.07, 6.45) is 3.68. The van der Waals surface area contributed by atoms with E-state index < -0.39 is 5.60 Å². The molecule has 2 aliphatic rings. The van der Waals surface area contributed by atoms with Gasteiger partial charge in [-0.2, -0.15) is 0 Å². The Bertz CT molecular complexity index is 741. The maximum Gasteiger partial charge on any atom is 0.115 e. The van der Waals surface area contributed by atoms with Crippen molar-refractivity contribution in [2.24, 2.45) is 11.8 Å². The first kappa shape index (κ1) is 17.6. The number of phenols is 1. The molecule has 0 amide bonds. The van der Waals surface area contributed by atoms with Crippen LogP contribution in [0, 0.1) is 18.8 Å². The van der Waals surface area contributed by atoms with Crippen LogP contribution in [-0.4, -0.2) is 40.3 Å². The fourth-order valence-corrected chi connectivity index (χ4v) is 5.00. The Kier molecular flexibility index (Phi) is 4.76. The first-order valence-corrected chi connectivity index (χ1v) is 9.78. The third kappa shape index (κ3) is 3.79.